The first kappa shape index (κ1) is 18.9. The second kappa shape index (κ2) is 9.18. The highest BCUT2D eigenvalue weighted by Gasteiger charge is 2.35. The summed E-state index contributed by atoms with van der Waals surface area (Å²) in [5, 5.41) is 3.28. The number of nitrogens with zero attached hydrogens (tertiary/aromatic N) is 2. The van der Waals surface area contributed by atoms with Crippen LogP contribution in [-0.4, -0.2) is 67.2 Å². The third-order valence-electron chi connectivity index (χ3n) is 6.44. The van der Waals surface area contributed by atoms with Crippen LogP contribution in [0.25, 0.3) is 0 Å². The minimum Gasteiger partial charge on any atom is -0.378 e. The van der Waals surface area contributed by atoms with E-state index in [9.17, 15) is 4.79 Å². The molecule has 3 aliphatic rings. The fourth-order valence-corrected chi connectivity index (χ4v) is 4.83. The zero-order valence-electron chi connectivity index (χ0n) is 16.3. The van der Waals surface area contributed by atoms with Gasteiger partial charge in [-0.2, -0.15) is 0 Å². The molecule has 0 aromatic heterocycles. The molecule has 4 rings (SSSR count). The Morgan fingerprint density at radius 1 is 1.04 bits per heavy atom. The maximum atomic E-state index is 12.6. The molecular weight excluding hydrogens is 338 g/mol. The van der Waals surface area contributed by atoms with Crippen molar-refractivity contribution in [3.05, 3.63) is 35.9 Å². The molecule has 148 valence electrons. The predicted octanol–water partition coefficient (Wildman–Crippen LogP) is 2.27. The lowest BCUT2D eigenvalue weighted by molar-refractivity contribution is -0.123. The Kier molecular flexibility index (Phi) is 6.43. The number of amides is 1. The molecule has 3 heterocycles. The minimum absolute atomic E-state index is 0.175. The van der Waals surface area contributed by atoms with Gasteiger partial charge in [-0.05, 0) is 63.3 Å². The third kappa shape index (κ3) is 5.09. The zero-order chi connectivity index (χ0) is 18.5. The molecular formula is C22H33N3O2. The molecule has 0 radical (unpaired) electrons. The van der Waals surface area contributed by atoms with Crippen molar-refractivity contribution >= 4 is 5.91 Å². The Bertz CT molecular complexity index is 595. The number of nitrogens with one attached hydrogen (secondary N) is 1. The number of ether oxygens (including phenoxy) is 1. The number of piperidine rings is 1. The van der Waals surface area contributed by atoms with Gasteiger partial charge in [-0.3, -0.25) is 14.6 Å². The Hall–Kier alpha value is -1.43. The quantitative estimate of drug-likeness (QED) is 0.833. The van der Waals surface area contributed by atoms with Crippen LogP contribution >= 0.6 is 0 Å². The van der Waals surface area contributed by atoms with Crippen LogP contribution < -0.4 is 5.32 Å². The van der Waals surface area contributed by atoms with Crippen molar-refractivity contribution in [1.29, 1.82) is 0 Å². The summed E-state index contributed by atoms with van der Waals surface area (Å²) < 4.78 is 5.68. The van der Waals surface area contributed by atoms with Gasteiger partial charge in [0.25, 0.3) is 0 Å². The third-order valence-corrected chi connectivity index (χ3v) is 6.44. The van der Waals surface area contributed by atoms with Crippen LogP contribution in [0, 0.1) is 5.92 Å². The van der Waals surface area contributed by atoms with Crippen LogP contribution in [0.1, 0.15) is 37.7 Å². The van der Waals surface area contributed by atoms with Crippen LogP contribution in [0.3, 0.4) is 0 Å². The molecule has 1 aromatic carbocycles. The molecule has 1 aromatic rings. The average Bonchev–Trinajstić information content (AvgIpc) is 3.36. The van der Waals surface area contributed by atoms with Gasteiger partial charge >= 0.3 is 0 Å². The van der Waals surface area contributed by atoms with Crippen molar-refractivity contribution in [2.75, 3.05) is 39.4 Å². The Balaban J connectivity index is 1.19. The van der Waals surface area contributed by atoms with E-state index < -0.39 is 0 Å². The van der Waals surface area contributed by atoms with Gasteiger partial charge in [0.1, 0.15) is 0 Å². The molecule has 3 fully saturated rings. The van der Waals surface area contributed by atoms with Crippen LogP contribution in [0.15, 0.2) is 30.3 Å². The summed E-state index contributed by atoms with van der Waals surface area (Å²) in [5.74, 6) is 0.737. The number of hydrogen-bond acceptors (Lipinski definition) is 4. The fraction of sp³-hybridized carbons (Fsp3) is 0.682. The van der Waals surface area contributed by atoms with Gasteiger partial charge < -0.3 is 10.1 Å². The van der Waals surface area contributed by atoms with Crippen LogP contribution in [0.2, 0.25) is 0 Å². The van der Waals surface area contributed by atoms with E-state index in [4.69, 9.17) is 4.74 Å². The summed E-state index contributed by atoms with van der Waals surface area (Å²) >= 11 is 0. The fourth-order valence-electron chi connectivity index (χ4n) is 4.83. The first-order chi connectivity index (χ1) is 13.3. The minimum atomic E-state index is 0.175. The average molecular weight is 372 g/mol. The van der Waals surface area contributed by atoms with Crippen molar-refractivity contribution in [2.24, 2.45) is 5.92 Å². The molecule has 0 bridgehead atoms. The molecule has 5 nitrogen and oxygen atoms in total. The maximum absolute atomic E-state index is 12.6. The standard InChI is InChI=1S/C22H33N3O2/c26-22(23-20-16-27-17-21(20)25-10-4-5-11-25)14-18-8-12-24(13-9-18)15-19-6-2-1-3-7-19/h1-3,6-7,18,20-21H,4-5,8-17H2,(H,23,26)/t20-,21-/m1/s1. The number of likely N-dealkylation sites (tertiary alicyclic amines) is 2. The SMILES string of the molecule is O=C(CC1CCN(Cc2ccccc2)CC1)N[C@@H]1COC[C@H]1N1CCCC1. The monoisotopic (exact) mass is 371 g/mol. The van der Waals surface area contributed by atoms with Gasteiger partial charge in [-0.15, -0.1) is 0 Å². The molecule has 0 saturated carbocycles. The van der Waals surface area contributed by atoms with Gasteiger partial charge in [-0.1, -0.05) is 30.3 Å². The molecule has 1 amide bonds. The summed E-state index contributed by atoms with van der Waals surface area (Å²) in [6.07, 6.45) is 5.47. The Morgan fingerprint density at radius 3 is 2.52 bits per heavy atom. The normalized spacial score (nSPS) is 27.9. The number of carbonyl (C=O) groups excluding carboxylic acids is 1. The lowest BCUT2D eigenvalue weighted by Crippen LogP contribution is -2.50. The highest BCUT2D eigenvalue weighted by molar-refractivity contribution is 5.76. The van der Waals surface area contributed by atoms with E-state index in [0.29, 0.717) is 25.0 Å². The molecule has 3 aliphatic heterocycles. The molecule has 0 unspecified atom stereocenters. The van der Waals surface area contributed by atoms with Gasteiger partial charge in [0.15, 0.2) is 0 Å². The first-order valence-corrected chi connectivity index (χ1v) is 10.7. The highest BCUT2D eigenvalue weighted by atomic mass is 16.5. The Morgan fingerprint density at radius 2 is 1.78 bits per heavy atom. The molecule has 5 heteroatoms. The molecule has 3 saturated heterocycles. The van der Waals surface area contributed by atoms with Crippen LogP contribution in [-0.2, 0) is 16.1 Å². The maximum Gasteiger partial charge on any atom is 0.220 e. The van der Waals surface area contributed by atoms with E-state index in [0.717, 1.165) is 52.2 Å². The predicted molar refractivity (Wildman–Crippen MR) is 106 cm³/mol. The van der Waals surface area contributed by atoms with E-state index in [1.807, 2.05) is 0 Å². The van der Waals surface area contributed by atoms with Crippen LogP contribution in [0.5, 0.6) is 0 Å². The lowest BCUT2D eigenvalue weighted by atomic mass is 9.92. The zero-order valence-corrected chi connectivity index (χ0v) is 16.3. The van der Waals surface area contributed by atoms with Crippen molar-refractivity contribution < 1.29 is 9.53 Å². The van der Waals surface area contributed by atoms with E-state index >= 15 is 0 Å². The van der Waals surface area contributed by atoms with Crippen molar-refractivity contribution in [3.63, 3.8) is 0 Å². The van der Waals surface area contributed by atoms with Crippen molar-refractivity contribution in [1.82, 2.24) is 15.1 Å². The smallest absolute Gasteiger partial charge is 0.220 e. The molecule has 0 spiro atoms. The van der Waals surface area contributed by atoms with Crippen LogP contribution in [0.4, 0.5) is 0 Å². The molecule has 2 atom stereocenters. The lowest BCUT2D eigenvalue weighted by Gasteiger charge is -2.32. The van der Waals surface area contributed by atoms with Crippen molar-refractivity contribution in [3.8, 4) is 0 Å². The summed E-state index contributed by atoms with van der Waals surface area (Å²) in [5.41, 5.74) is 1.38. The summed E-state index contributed by atoms with van der Waals surface area (Å²) in [6, 6.07) is 11.2. The van der Waals surface area contributed by atoms with E-state index in [2.05, 4.69) is 45.4 Å². The van der Waals surface area contributed by atoms with Crippen molar-refractivity contribution in [2.45, 2.75) is 50.7 Å². The van der Waals surface area contributed by atoms with Gasteiger partial charge in [-0.25, -0.2) is 0 Å². The number of carbonyl (C=O) groups is 1. The summed E-state index contributed by atoms with van der Waals surface area (Å²) in [4.78, 5) is 17.6. The Labute approximate surface area is 163 Å². The number of benzene rings is 1. The topological polar surface area (TPSA) is 44.8 Å². The molecule has 0 aliphatic carbocycles. The van der Waals surface area contributed by atoms with Gasteiger partial charge in [0.05, 0.1) is 25.3 Å². The summed E-state index contributed by atoms with van der Waals surface area (Å²) in [6.45, 7) is 6.95. The van der Waals surface area contributed by atoms with E-state index in [1.165, 1.54) is 18.4 Å². The molecule has 1 N–H and O–H groups in total. The van der Waals surface area contributed by atoms with Gasteiger partial charge in [0, 0.05) is 13.0 Å². The van der Waals surface area contributed by atoms with E-state index in [-0.39, 0.29) is 11.9 Å². The van der Waals surface area contributed by atoms with E-state index in [1.54, 1.807) is 0 Å². The largest absolute Gasteiger partial charge is 0.378 e. The second-order valence-electron chi connectivity index (χ2n) is 8.43. The highest BCUT2D eigenvalue weighted by Crippen LogP contribution is 2.23. The molecule has 27 heavy (non-hydrogen) atoms. The first-order valence-electron chi connectivity index (χ1n) is 10.7. The van der Waals surface area contributed by atoms with Gasteiger partial charge in [0.2, 0.25) is 5.91 Å². The second-order valence-corrected chi connectivity index (χ2v) is 8.43. The number of hydrogen-bond donors (Lipinski definition) is 1. The number of rotatable bonds is 6. The summed E-state index contributed by atoms with van der Waals surface area (Å²) in [7, 11) is 0.